The molecule has 1 amide bonds. The summed E-state index contributed by atoms with van der Waals surface area (Å²) in [6.45, 7) is 1.36. The second-order valence-corrected chi connectivity index (χ2v) is 7.79. The molecule has 1 fully saturated rings. The van der Waals surface area contributed by atoms with Gasteiger partial charge in [0.1, 0.15) is 12.1 Å². The average molecular weight is 425 g/mol. The first kappa shape index (κ1) is 19.9. The van der Waals surface area contributed by atoms with Gasteiger partial charge in [-0.1, -0.05) is 24.3 Å². The Morgan fingerprint density at radius 1 is 1.03 bits per heavy atom. The summed E-state index contributed by atoms with van der Waals surface area (Å²) in [5, 5.41) is 4.48. The Kier molecular flexibility index (Phi) is 5.37. The van der Waals surface area contributed by atoms with Crippen molar-refractivity contribution in [3.05, 3.63) is 78.8 Å². The van der Waals surface area contributed by atoms with E-state index in [9.17, 15) is 4.79 Å². The van der Waals surface area contributed by atoms with Gasteiger partial charge in [-0.2, -0.15) is 0 Å². The van der Waals surface area contributed by atoms with Crippen LogP contribution in [0.5, 0.6) is 5.88 Å². The number of carbonyl (C=O) groups is 1. The third kappa shape index (κ3) is 3.97. The lowest BCUT2D eigenvalue weighted by Crippen LogP contribution is -2.31. The minimum Gasteiger partial charge on any atom is -0.481 e. The van der Waals surface area contributed by atoms with Crippen molar-refractivity contribution in [1.82, 2.24) is 19.9 Å². The average Bonchev–Trinajstić information content (AvgIpc) is 3.32. The maximum absolute atomic E-state index is 12.8. The highest BCUT2D eigenvalue weighted by Gasteiger charge is 2.27. The van der Waals surface area contributed by atoms with Crippen LogP contribution in [0.4, 0.5) is 5.82 Å². The van der Waals surface area contributed by atoms with E-state index in [1.165, 1.54) is 0 Å². The molecule has 7 heteroatoms. The lowest BCUT2D eigenvalue weighted by atomic mass is 10.0. The maximum atomic E-state index is 12.8. The van der Waals surface area contributed by atoms with Crippen LogP contribution in [-0.4, -0.2) is 52.0 Å². The van der Waals surface area contributed by atoms with Gasteiger partial charge in [0.25, 0.3) is 5.91 Å². The van der Waals surface area contributed by atoms with Gasteiger partial charge in [-0.25, -0.2) is 15.0 Å². The third-order valence-electron chi connectivity index (χ3n) is 5.75. The van der Waals surface area contributed by atoms with Crippen molar-refractivity contribution in [2.45, 2.75) is 12.5 Å². The number of ether oxygens (including phenoxy) is 1. The molecule has 2 aromatic carbocycles. The van der Waals surface area contributed by atoms with E-state index in [4.69, 9.17) is 4.74 Å². The topological polar surface area (TPSA) is 80.2 Å². The van der Waals surface area contributed by atoms with Crippen molar-refractivity contribution >= 4 is 22.6 Å². The molecule has 32 heavy (non-hydrogen) atoms. The summed E-state index contributed by atoms with van der Waals surface area (Å²) in [7, 11) is 1.60. The molecule has 0 radical (unpaired) electrons. The first-order valence-electron chi connectivity index (χ1n) is 10.6. The van der Waals surface area contributed by atoms with E-state index in [1.807, 2.05) is 59.5 Å². The van der Waals surface area contributed by atoms with E-state index in [-0.39, 0.29) is 11.9 Å². The smallest absolute Gasteiger partial charge is 0.253 e. The largest absolute Gasteiger partial charge is 0.481 e. The van der Waals surface area contributed by atoms with Crippen LogP contribution in [0.15, 0.2) is 73.2 Å². The van der Waals surface area contributed by atoms with E-state index >= 15 is 0 Å². The maximum Gasteiger partial charge on any atom is 0.253 e. The molecule has 4 aromatic rings. The molecule has 0 aliphatic carbocycles. The summed E-state index contributed by atoms with van der Waals surface area (Å²) in [4.78, 5) is 27.9. The number of carbonyl (C=O) groups excluding carboxylic acids is 1. The first-order chi connectivity index (χ1) is 15.7. The van der Waals surface area contributed by atoms with Crippen molar-refractivity contribution < 1.29 is 9.53 Å². The summed E-state index contributed by atoms with van der Waals surface area (Å²) in [6, 6.07) is 19.5. The number of rotatable bonds is 5. The van der Waals surface area contributed by atoms with Crippen LogP contribution < -0.4 is 10.1 Å². The number of hydrogen-bond donors (Lipinski definition) is 1. The molecule has 1 atom stereocenters. The lowest BCUT2D eigenvalue weighted by molar-refractivity contribution is 0.0791. The first-order valence-corrected chi connectivity index (χ1v) is 10.6. The molecular formula is C25H23N5O2. The third-order valence-corrected chi connectivity index (χ3v) is 5.75. The highest BCUT2D eigenvalue weighted by molar-refractivity contribution is 5.95. The summed E-state index contributed by atoms with van der Waals surface area (Å²) >= 11 is 0. The fourth-order valence-electron chi connectivity index (χ4n) is 4.04. The minimum atomic E-state index is 0.0664. The molecule has 0 spiro atoms. The summed E-state index contributed by atoms with van der Waals surface area (Å²) < 4.78 is 5.15. The summed E-state index contributed by atoms with van der Waals surface area (Å²) in [5.74, 6) is 1.42. The number of aromatic nitrogens is 3. The van der Waals surface area contributed by atoms with Gasteiger partial charge in [0.05, 0.1) is 12.6 Å². The lowest BCUT2D eigenvalue weighted by Gasteiger charge is -2.18. The normalized spacial score (nSPS) is 15.7. The van der Waals surface area contributed by atoms with Crippen LogP contribution in [0.2, 0.25) is 0 Å². The van der Waals surface area contributed by atoms with Gasteiger partial charge >= 0.3 is 0 Å². The van der Waals surface area contributed by atoms with Crippen LogP contribution in [-0.2, 0) is 0 Å². The number of fused-ring (bicyclic) bond motifs is 1. The van der Waals surface area contributed by atoms with Crippen molar-refractivity contribution in [2.75, 3.05) is 25.5 Å². The zero-order valence-corrected chi connectivity index (χ0v) is 17.7. The van der Waals surface area contributed by atoms with E-state index in [2.05, 4.69) is 26.3 Å². The number of pyridine rings is 1. The Labute approximate surface area is 186 Å². The zero-order valence-electron chi connectivity index (χ0n) is 17.7. The van der Waals surface area contributed by atoms with Gasteiger partial charge in [0.15, 0.2) is 0 Å². The van der Waals surface area contributed by atoms with Crippen LogP contribution >= 0.6 is 0 Å². The van der Waals surface area contributed by atoms with Crippen LogP contribution in [0.1, 0.15) is 16.8 Å². The number of hydrogen-bond acceptors (Lipinski definition) is 6. The van der Waals surface area contributed by atoms with Crippen molar-refractivity contribution in [1.29, 1.82) is 0 Å². The molecule has 2 aromatic heterocycles. The standard InChI is InChI=1S/C25H23N5O2/c1-32-23-10-8-19(14-26-23)18-7-9-22-21(13-18)24(28-16-27-22)29-20-11-12-30(15-20)25(31)17-5-3-2-4-6-17/h2-10,13-14,16,20H,11-12,15H2,1H3,(H,27,28,29)/t20-/m0/s1. The van der Waals surface area contributed by atoms with Gasteiger partial charge in [-0.3, -0.25) is 4.79 Å². The molecule has 1 N–H and O–H groups in total. The molecule has 0 saturated carbocycles. The second kappa shape index (κ2) is 8.63. The van der Waals surface area contributed by atoms with Gasteiger partial charge in [-0.15, -0.1) is 0 Å². The molecule has 5 rings (SSSR count). The molecule has 1 saturated heterocycles. The Bertz CT molecular complexity index is 1240. The Morgan fingerprint density at radius 2 is 1.88 bits per heavy atom. The molecule has 3 heterocycles. The van der Waals surface area contributed by atoms with E-state index in [0.717, 1.165) is 46.4 Å². The predicted molar refractivity (Wildman–Crippen MR) is 124 cm³/mol. The SMILES string of the molecule is COc1ccc(-c2ccc3ncnc(N[C@H]4CCN(C(=O)c5ccccc5)C4)c3c2)cn1. The monoisotopic (exact) mass is 425 g/mol. The fraction of sp³-hybridized carbons (Fsp3) is 0.200. The zero-order chi connectivity index (χ0) is 21.9. The van der Waals surface area contributed by atoms with Crippen LogP contribution in [0, 0.1) is 0 Å². The number of nitrogens with zero attached hydrogens (tertiary/aromatic N) is 4. The molecule has 0 bridgehead atoms. The molecule has 1 aliphatic rings. The Morgan fingerprint density at radius 3 is 2.66 bits per heavy atom. The van der Waals surface area contributed by atoms with Gasteiger partial charge < -0.3 is 15.0 Å². The van der Waals surface area contributed by atoms with Gasteiger partial charge in [-0.05, 0) is 42.3 Å². The van der Waals surface area contributed by atoms with E-state index < -0.39 is 0 Å². The van der Waals surface area contributed by atoms with Crippen molar-refractivity contribution in [3.8, 4) is 17.0 Å². The highest BCUT2D eigenvalue weighted by atomic mass is 16.5. The number of methoxy groups -OCH3 is 1. The van der Waals surface area contributed by atoms with Gasteiger partial charge in [0, 0.05) is 47.9 Å². The summed E-state index contributed by atoms with van der Waals surface area (Å²) in [6.07, 6.45) is 4.23. The van der Waals surface area contributed by atoms with Crippen molar-refractivity contribution in [2.24, 2.45) is 0 Å². The molecule has 160 valence electrons. The second-order valence-electron chi connectivity index (χ2n) is 7.79. The number of anilines is 1. The fourth-order valence-corrected chi connectivity index (χ4v) is 4.04. The molecule has 1 aliphatic heterocycles. The number of amides is 1. The predicted octanol–water partition coefficient (Wildman–Crippen LogP) is 4.03. The minimum absolute atomic E-state index is 0.0664. The Hall–Kier alpha value is -4.00. The molecule has 0 unspecified atom stereocenters. The summed E-state index contributed by atoms with van der Waals surface area (Å²) in [5.41, 5.74) is 3.60. The van der Waals surface area contributed by atoms with E-state index in [0.29, 0.717) is 12.4 Å². The van der Waals surface area contributed by atoms with Crippen LogP contribution in [0.25, 0.3) is 22.0 Å². The number of benzene rings is 2. The highest BCUT2D eigenvalue weighted by Crippen LogP contribution is 2.28. The quantitative estimate of drug-likeness (QED) is 0.520. The Balaban J connectivity index is 1.36. The molecular weight excluding hydrogens is 402 g/mol. The van der Waals surface area contributed by atoms with E-state index in [1.54, 1.807) is 19.6 Å². The number of nitrogens with one attached hydrogen (secondary N) is 1. The van der Waals surface area contributed by atoms with Crippen LogP contribution in [0.3, 0.4) is 0 Å². The molecule has 7 nitrogen and oxygen atoms in total. The number of likely N-dealkylation sites (tertiary alicyclic amines) is 1. The van der Waals surface area contributed by atoms with Crippen molar-refractivity contribution in [3.63, 3.8) is 0 Å². The van der Waals surface area contributed by atoms with Gasteiger partial charge in [0.2, 0.25) is 5.88 Å².